The average molecular weight is 456 g/mol. The number of carbonyl (C=O) groups excluding carboxylic acids is 3. The minimum atomic E-state index is -0.817. The largest absolute Gasteiger partial charge is 0.463 e. The number of carbonyl (C=O) groups is 3. The minimum absolute atomic E-state index is 0.105. The van der Waals surface area contributed by atoms with Crippen LogP contribution in [0, 0.1) is 6.92 Å². The fourth-order valence-corrected chi connectivity index (χ4v) is 3.29. The van der Waals surface area contributed by atoms with Gasteiger partial charge in [0.2, 0.25) is 5.91 Å². The molecule has 0 spiro atoms. The van der Waals surface area contributed by atoms with Gasteiger partial charge in [0.1, 0.15) is 6.04 Å². The Kier molecular flexibility index (Phi) is 7.32. The predicted molar refractivity (Wildman–Crippen MR) is 108 cm³/mol. The van der Waals surface area contributed by atoms with E-state index in [0.29, 0.717) is 18.7 Å². The monoisotopic (exact) mass is 455 g/mol. The maximum Gasteiger partial charge on any atom is 0.308 e. The van der Waals surface area contributed by atoms with Crippen molar-refractivity contribution in [2.24, 2.45) is 0 Å². The van der Waals surface area contributed by atoms with Crippen molar-refractivity contribution >= 4 is 51.0 Å². The maximum atomic E-state index is 12.5. The lowest BCUT2D eigenvalue weighted by Crippen LogP contribution is -2.60. The number of nitrogens with one attached hydrogen (secondary N) is 2. The summed E-state index contributed by atoms with van der Waals surface area (Å²) in [5, 5.41) is 5.46. The summed E-state index contributed by atoms with van der Waals surface area (Å²) < 4.78 is 5.94. The number of rotatable bonds is 4. The third-order valence-corrected chi connectivity index (χ3v) is 5.16. The molecule has 1 aliphatic heterocycles. The van der Waals surface area contributed by atoms with Crippen LogP contribution in [0.3, 0.4) is 0 Å². The molecule has 0 radical (unpaired) electrons. The zero-order valence-electron chi connectivity index (χ0n) is 15.4. The first-order chi connectivity index (χ1) is 12.7. The number of aryl methyl sites for hydroxylation is 1. The third kappa shape index (κ3) is 5.74. The molecule has 0 unspecified atom stereocenters. The molecule has 1 heterocycles. The molecular formula is C18H22BrN3O4S. The molecular weight excluding hydrogens is 434 g/mol. The topological polar surface area (TPSA) is 87.7 Å². The van der Waals surface area contributed by atoms with Crippen molar-refractivity contribution in [2.75, 3.05) is 13.1 Å². The van der Waals surface area contributed by atoms with Gasteiger partial charge in [-0.2, -0.15) is 0 Å². The van der Waals surface area contributed by atoms with E-state index in [1.807, 2.05) is 13.0 Å². The van der Waals surface area contributed by atoms with Crippen molar-refractivity contribution in [2.45, 2.75) is 39.3 Å². The number of nitrogens with zero attached hydrogens (tertiary/aromatic N) is 1. The van der Waals surface area contributed by atoms with Crippen molar-refractivity contribution in [1.82, 2.24) is 15.5 Å². The van der Waals surface area contributed by atoms with E-state index in [4.69, 9.17) is 17.0 Å². The van der Waals surface area contributed by atoms with Gasteiger partial charge in [-0.05, 0) is 50.7 Å². The molecule has 146 valence electrons. The van der Waals surface area contributed by atoms with Crippen LogP contribution < -0.4 is 10.6 Å². The Bertz CT molecular complexity index is 769. The van der Waals surface area contributed by atoms with Gasteiger partial charge in [-0.1, -0.05) is 22.0 Å². The summed E-state index contributed by atoms with van der Waals surface area (Å²) in [6.45, 7) is 6.16. The van der Waals surface area contributed by atoms with Gasteiger partial charge < -0.3 is 15.0 Å². The van der Waals surface area contributed by atoms with Gasteiger partial charge >= 0.3 is 5.97 Å². The number of hydrogen-bond acceptors (Lipinski definition) is 5. The Labute approximate surface area is 171 Å². The predicted octanol–water partition coefficient (Wildman–Crippen LogP) is 1.91. The lowest BCUT2D eigenvalue weighted by molar-refractivity contribution is -0.150. The number of hydrogen-bond donors (Lipinski definition) is 2. The Balaban J connectivity index is 2.09. The molecule has 2 N–H and O–H groups in total. The van der Waals surface area contributed by atoms with Crippen LogP contribution >= 0.6 is 28.1 Å². The smallest absolute Gasteiger partial charge is 0.308 e. The van der Waals surface area contributed by atoms with Crippen LogP contribution in [0.25, 0.3) is 0 Å². The third-order valence-electron chi connectivity index (χ3n) is 3.97. The van der Waals surface area contributed by atoms with E-state index in [1.54, 1.807) is 30.9 Å². The quantitative estimate of drug-likeness (QED) is 0.532. The fraction of sp³-hybridized carbons (Fsp3) is 0.444. The van der Waals surface area contributed by atoms with Crippen LogP contribution in [0.4, 0.5) is 0 Å². The fourth-order valence-electron chi connectivity index (χ4n) is 2.60. The molecule has 0 saturated carbocycles. The van der Waals surface area contributed by atoms with Crippen LogP contribution in [-0.4, -0.2) is 53.0 Å². The maximum absolute atomic E-state index is 12.5. The van der Waals surface area contributed by atoms with E-state index in [-0.39, 0.29) is 29.5 Å². The number of piperazine rings is 1. The van der Waals surface area contributed by atoms with E-state index in [9.17, 15) is 14.4 Å². The first-order valence-electron chi connectivity index (χ1n) is 8.54. The molecule has 0 aromatic heterocycles. The molecule has 2 rings (SSSR count). The van der Waals surface area contributed by atoms with E-state index in [1.165, 1.54) is 0 Å². The van der Waals surface area contributed by atoms with Gasteiger partial charge in [-0.25, -0.2) is 0 Å². The first-order valence-corrected chi connectivity index (χ1v) is 9.74. The highest BCUT2D eigenvalue weighted by Gasteiger charge is 2.34. The zero-order chi connectivity index (χ0) is 20.1. The van der Waals surface area contributed by atoms with Crippen LogP contribution in [-0.2, 0) is 14.3 Å². The van der Waals surface area contributed by atoms with E-state index < -0.39 is 12.0 Å². The van der Waals surface area contributed by atoms with Crippen molar-refractivity contribution in [1.29, 1.82) is 0 Å². The van der Waals surface area contributed by atoms with Gasteiger partial charge in [-0.15, -0.1) is 0 Å². The van der Waals surface area contributed by atoms with Crippen LogP contribution in [0.1, 0.15) is 36.2 Å². The van der Waals surface area contributed by atoms with Gasteiger partial charge in [0, 0.05) is 23.1 Å². The van der Waals surface area contributed by atoms with Crippen molar-refractivity contribution in [3.05, 3.63) is 33.8 Å². The van der Waals surface area contributed by atoms with Crippen LogP contribution in [0.2, 0.25) is 0 Å². The summed E-state index contributed by atoms with van der Waals surface area (Å²) in [4.78, 5) is 38.2. The summed E-state index contributed by atoms with van der Waals surface area (Å²) in [7, 11) is 0. The number of benzene rings is 1. The molecule has 1 atom stereocenters. The highest BCUT2D eigenvalue weighted by Crippen LogP contribution is 2.18. The standard InChI is InChI=1S/C18H22BrN3O4S/c1-10(2)26-15(23)9-14-17(25)20-6-7-22(14)18(27)21-16(24)12-5-4-11(3)13(19)8-12/h4-5,8,10,14H,6-7,9H2,1-3H3,(H,20,25)(H,21,24,27)/t14-/m0/s1. The van der Waals surface area contributed by atoms with Gasteiger partial charge in [0.15, 0.2) is 5.11 Å². The van der Waals surface area contributed by atoms with Crippen molar-refractivity contribution in [3.63, 3.8) is 0 Å². The molecule has 1 aliphatic rings. The highest BCUT2D eigenvalue weighted by atomic mass is 79.9. The van der Waals surface area contributed by atoms with Gasteiger partial charge in [-0.3, -0.25) is 19.7 Å². The first kappa shape index (κ1) is 21.3. The van der Waals surface area contributed by atoms with E-state index in [2.05, 4.69) is 26.6 Å². The molecule has 7 nitrogen and oxygen atoms in total. The van der Waals surface area contributed by atoms with E-state index >= 15 is 0 Å². The summed E-state index contributed by atoms with van der Waals surface area (Å²) in [5.41, 5.74) is 1.44. The van der Waals surface area contributed by atoms with Gasteiger partial charge in [0.05, 0.1) is 12.5 Å². The molecule has 1 aromatic rings. The Morgan fingerprint density at radius 1 is 1.44 bits per heavy atom. The summed E-state index contributed by atoms with van der Waals surface area (Å²) in [5.74, 6) is -1.19. The number of amides is 2. The summed E-state index contributed by atoms with van der Waals surface area (Å²) in [6.07, 6.45) is -0.417. The number of esters is 1. The zero-order valence-corrected chi connectivity index (χ0v) is 17.8. The minimum Gasteiger partial charge on any atom is -0.463 e. The normalized spacial score (nSPS) is 16.7. The second-order valence-electron chi connectivity index (χ2n) is 6.47. The molecule has 2 amide bonds. The van der Waals surface area contributed by atoms with Crippen LogP contribution in [0.5, 0.6) is 0 Å². The van der Waals surface area contributed by atoms with Crippen molar-refractivity contribution < 1.29 is 19.1 Å². The van der Waals surface area contributed by atoms with Crippen molar-refractivity contribution in [3.8, 4) is 0 Å². The number of ether oxygens (including phenoxy) is 1. The molecule has 1 aromatic carbocycles. The number of halogens is 1. The molecule has 0 bridgehead atoms. The Morgan fingerprint density at radius 3 is 2.78 bits per heavy atom. The molecule has 9 heteroatoms. The highest BCUT2D eigenvalue weighted by molar-refractivity contribution is 9.10. The average Bonchev–Trinajstić information content (AvgIpc) is 2.58. The second kappa shape index (κ2) is 9.27. The van der Waals surface area contributed by atoms with E-state index in [0.717, 1.165) is 10.0 Å². The molecule has 27 heavy (non-hydrogen) atoms. The lowest BCUT2D eigenvalue weighted by Gasteiger charge is -2.36. The Morgan fingerprint density at radius 2 is 2.15 bits per heavy atom. The summed E-state index contributed by atoms with van der Waals surface area (Å²) in [6, 6.07) is 4.40. The van der Waals surface area contributed by atoms with Gasteiger partial charge in [0.25, 0.3) is 5.91 Å². The molecule has 1 saturated heterocycles. The second-order valence-corrected chi connectivity index (χ2v) is 7.71. The molecule has 1 fully saturated rings. The summed E-state index contributed by atoms with van der Waals surface area (Å²) >= 11 is 8.72. The molecule has 0 aliphatic carbocycles. The van der Waals surface area contributed by atoms with Crippen LogP contribution in [0.15, 0.2) is 22.7 Å². The SMILES string of the molecule is Cc1ccc(C(=O)NC(=S)N2CCNC(=O)[C@@H]2CC(=O)OC(C)C)cc1Br. The lowest BCUT2D eigenvalue weighted by atomic mass is 10.1. The Hall–Kier alpha value is -2.00. The number of thiocarbonyl (C=S) groups is 1.